The van der Waals surface area contributed by atoms with Crippen LogP contribution < -0.4 is 0 Å². The van der Waals surface area contributed by atoms with Crippen molar-refractivity contribution in [2.75, 3.05) is 0 Å². The lowest BCUT2D eigenvalue weighted by atomic mass is 10.1. The van der Waals surface area contributed by atoms with Crippen LogP contribution >= 0.6 is 0 Å². The monoisotopic (exact) mass is 185 g/mol. The van der Waals surface area contributed by atoms with Crippen molar-refractivity contribution in [3.63, 3.8) is 0 Å². The van der Waals surface area contributed by atoms with Gasteiger partial charge in [0, 0.05) is 6.20 Å². The summed E-state index contributed by atoms with van der Waals surface area (Å²) in [6, 6.07) is 0. The number of allylic oxidation sites excluding steroid dienone is 7. The Morgan fingerprint density at radius 3 is 2.57 bits per heavy atom. The van der Waals surface area contributed by atoms with Crippen molar-refractivity contribution in [3.05, 3.63) is 59.9 Å². The summed E-state index contributed by atoms with van der Waals surface area (Å²) in [7, 11) is 0. The van der Waals surface area contributed by atoms with Crippen molar-refractivity contribution in [2.24, 2.45) is 4.99 Å². The van der Waals surface area contributed by atoms with Crippen molar-refractivity contribution in [1.29, 1.82) is 0 Å². The molecule has 0 aliphatic heterocycles. The summed E-state index contributed by atoms with van der Waals surface area (Å²) >= 11 is 0. The zero-order valence-corrected chi connectivity index (χ0v) is 8.59. The van der Waals surface area contributed by atoms with Crippen LogP contribution in [0.5, 0.6) is 0 Å². The maximum absolute atomic E-state index is 3.96. The third-order valence-corrected chi connectivity index (χ3v) is 2.19. The quantitative estimate of drug-likeness (QED) is 0.469. The van der Waals surface area contributed by atoms with E-state index in [2.05, 4.69) is 43.9 Å². The van der Waals surface area contributed by atoms with Gasteiger partial charge in [0.2, 0.25) is 0 Å². The van der Waals surface area contributed by atoms with Crippen molar-refractivity contribution in [3.8, 4) is 0 Å². The molecule has 1 heteroatoms. The Labute approximate surface area is 85.6 Å². The highest BCUT2D eigenvalue weighted by molar-refractivity contribution is 5.57. The maximum Gasteiger partial charge on any atom is 0.0338 e. The van der Waals surface area contributed by atoms with Gasteiger partial charge in [-0.3, -0.25) is 4.99 Å². The van der Waals surface area contributed by atoms with Gasteiger partial charge in [-0.2, -0.15) is 0 Å². The lowest BCUT2D eigenvalue weighted by Crippen LogP contribution is -1.79. The third-order valence-electron chi connectivity index (χ3n) is 2.19. The van der Waals surface area contributed by atoms with Gasteiger partial charge in [-0.15, -0.1) is 0 Å². The summed E-state index contributed by atoms with van der Waals surface area (Å²) < 4.78 is 0. The molecule has 0 saturated heterocycles. The molecule has 1 fully saturated rings. The Morgan fingerprint density at radius 2 is 2.14 bits per heavy atom. The van der Waals surface area contributed by atoms with Crippen LogP contribution in [0.1, 0.15) is 13.3 Å². The molecule has 0 amide bonds. The molecule has 0 radical (unpaired) electrons. The minimum absolute atomic E-state index is 0.926. The van der Waals surface area contributed by atoms with Gasteiger partial charge in [0.05, 0.1) is 0 Å². The molecule has 0 atom stereocenters. The van der Waals surface area contributed by atoms with E-state index in [0.29, 0.717) is 0 Å². The molecule has 0 aromatic heterocycles. The van der Waals surface area contributed by atoms with Crippen LogP contribution in [0.25, 0.3) is 0 Å². The SMILES string of the molecule is C=C/C(=C\N=C)C(=C)/C=C1/C/C1=C/C. The van der Waals surface area contributed by atoms with E-state index >= 15 is 0 Å². The summed E-state index contributed by atoms with van der Waals surface area (Å²) in [4.78, 5) is 3.71. The van der Waals surface area contributed by atoms with Crippen LogP contribution in [-0.2, 0) is 0 Å². The molecule has 72 valence electrons. The predicted molar refractivity (Wildman–Crippen MR) is 63.4 cm³/mol. The number of nitrogens with zero attached hydrogens (tertiary/aromatic N) is 1. The summed E-state index contributed by atoms with van der Waals surface area (Å²) in [6.07, 6.45) is 8.70. The van der Waals surface area contributed by atoms with E-state index in [-0.39, 0.29) is 0 Å². The van der Waals surface area contributed by atoms with Gasteiger partial charge in [0.1, 0.15) is 0 Å². The first-order chi connectivity index (χ1) is 6.72. The Morgan fingerprint density at radius 1 is 1.43 bits per heavy atom. The molecule has 0 heterocycles. The molecule has 0 unspecified atom stereocenters. The van der Waals surface area contributed by atoms with Crippen LogP contribution in [0, 0.1) is 0 Å². The number of hydrogen-bond donors (Lipinski definition) is 0. The van der Waals surface area contributed by atoms with Crippen LogP contribution in [-0.4, -0.2) is 6.72 Å². The van der Waals surface area contributed by atoms with Gasteiger partial charge in [-0.1, -0.05) is 31.4 Å². The summed E-state index contributed by atoms with van der Waals surface area (Å²) in [6.45, 7) is 13.1. The highest BCUT2D eigenvalue weighted by Gasteiger charge is 2.19. The van der Waals surface area contributed by atoms with Crippen LogP contribution in [0.3, 0.4) is 0 Å². The van der Waals surface area contributed by atoms with Gasteiger partial charge in [-0.25, -0.2) is 0 Å². The normalized spacial score (nSPS) is 21.1. The molecule has 0 aromatic rings. The molecule has 0 bridgehead atoms. The van der Waals surface area contributed by atoms with Gasteiger partial charge in [0.15, 0.2) is 0 Å². The number of hydrogen-bond acceptors (Lipinski definition) is 1. The summed E-state index contributed by atoms with van der Waals surface area (Å²) in [5, 5.41) is 0. The van der Waals surface area contributed by atoms with E-state index < -0.39 is 0 Å². The fourth-order valence-corrected chi connectivity index (χ4v) is 1.25. The Kier molecular flexibility index (Phi) is 3.41. The first-order valence-corrected chi connectivity index (χ1v) is 4.56. The van der Waals surface area contributed by atoms with Gasteiger partial charge >= 0.3 is 0 Å². The second kappa shape index (κ2) is 4.56. The fourth-order valence-electron chi connectivity index (χ4n) is 1.25. The van der Waals surface area contributed by atoms with Crippen LogP contribution in [0.4, 0.5) is 0 Å². The number of rotatable bonds is 4. The van der Waals surface area contributed by atoms with Crippen molar-refractivity contribution in [2.45, 2.75) is 13.3 Å². The molecule has 1 saturated carbocycles. The highest BCUT2D eigenvalue weighted by atomic mass is 14.6. The Hall–Kier alpha value is -1.63. The zero-order chi connectivity index (χ0) is 10.6. The minimum Gasteiger partial charge on any atom is -0.272 e. The molecule has 1 aliphatic rings. The van der Waals surface area contributed by atoms with Crippen molar-refractivity contribution >= 4 is 6.72 Å². The molecule has 14 heavy (non-hydrogen) atoms. The second-order valence-corrected chi connectivity index (χ2v) is 3.16. The van der Waals surface area contributed by atoms with Crippen molar-refractivity contribution < 1.29 is 0 Å². The lowest BCUT2D eigenvalue weighted by molar-refractivity contribution is 1.47. The topological polar surface area (TPSA) is 12.4 Å². The first kappa shape index (κ1) is 10.5. The summed E-state index contributed by atoms with van der Waals surface area (Å²) in [5.41, 5.74) is 4.63. The predicted octanol–water partition coefficient (Wildman–Crippen LogP) is 3.59. The number of aliphatic imine (C=N–C) groups is 1. The average Bonchev–Trinajstić information content (AvgIpc) is 2.92. The van der Waals surface area contributed by atoms with Gasteiger partial charge in [0.25, 0.3) is 0 Å². The molecule has 0 spiro atoms. The van der Waals surface area contributed by atoms with E-state index in [1.165, 1.54) is 11.1 Å². The Balaban J connectivity index is 2.77. The summed E-state index contributed by atoms with van der Waals surface area (Å²) in [5.74, 6) is 0. The average molecular weight is 185 g/mol. The Bertz CT molecular complexity index is 365. The van der Waals surface area contributed by atoms with Gasteiger partial charge < -0.3 is 0 Å². The molecular formula is C13H15N. The van der Waals surface area contributed by atoms with E-state index in [1.54, 1.807) is 12.3 Å². The zero-order valence-electron chi connectivity index (χ0n) is 8.59. The largest absolute Gasteiger partial charge is 0.272 e. The highest BCUT2D eigenvalue weighted by Crippen LogP contribution is 2.37. The maximum atomic E-state index is 3.96. The molecule has 0 aromatic carbocycles. The standard InChI is InChI=1S/C13H15N/c1-5-11-8-13(11)7-10(3)12(6-2)9-14-4/h5-7,9H,2-4,8H2,1H3/b11-5-,12-9+,13-7-. The van der Waals surface area contributed by atoms with E-state index in [1.807, 2.05) is 0 Å². The minimum atomic E-state index is 0.926. The van der Waals surface area contributed by atoms with Crippen LogP contribution in [0.15, 0.2) is 64.9 Å². The molecule has 1 rings (SSSR count). The van der Waals surface area contributed by atoms with Crippen molar-refractivity contribution in [1.82, 2.24) is 0 Å². The molecule has 1 nitrogen and oxygen atoms in total. The fraction of sp³-hybridized carbons (Fsp3) is 0.154. The van der Waals surface area contributed by atoms with Gasteiger partial charge in [-0.05, 0) is 42.4 Å². The lowest BCUT2D eigenvalue weighted by Gasteiger charge is -1.97. The van der Waals surface area contributed by atoms with E-state index in [4.69, 9.17) is 0 Å². The smallest absolute Gasteiger partial charge is 0.0338 e. The first-order valence-electron chi connectivity index (χ1n) is 4.56. The third kappa shape index (κ3) is 2.43. The van der Waals surface area contributed by atoms with E-state index in [0.717, 1.165) is 17.6 Å². The van der Waals surface area contributed by atoms with E-state index in [9.17, 15) is 0 Å². The molecular weight excluding hydrogens is 170 g/mol. The molecule has 1 aliphatic carbocycles. The molecule has 0 N–H and O–H groups in total. The second-order valence-electron chi connectivity index (χ2n) is 3.16. The van der Waals surface area contributed by atoms with Crippen LogP contribution in [0.2, 0.25) is 0 Å².